The number of nitrogens with zero attached hydrogens (tertiary/aromatic N) is 1. The van der Waals surface area contributed by atoms with Crippen molar-refractivity contribution in [3.8, 4) is 5.69 Å². The van der Waals surface area contributed by atoms with Crippen LogP contribution in [-0.2, 0) is 12.4 Å². The Morgan fingerprint density at radius 3 is 2.07 bits per heavy atom. The van der Waals surface area contributed by atoms with Crippen LogP contribution in [0.15, 0.2) is 29.1 Å². The van der Waals surface area contributed by atoms with Gasteiger partial charge in [0.25, 0.3) is 17.4 Å². The summed E-state index contributed by atoms with van der Waals surface area (Å²) in [7, 11) is 0. The summed E-state index contributed by atoms with van der Waals surface area (Å²) in [6, 6.07) is 1.18. The van der Waals surface area contributed by atoms with E-state index in [4.69, 9.17) is 5.73 Å². The summed E-state index contributed by atoms with van der Waals surface area (Å²) in [6.07, 6.45) is -10.3. The molecule has 2 heterocycles. The second kappa shape index (κ2) is 5.59. The van der Waals surface area contributed by atoms with Gasteiger partial charge in [0.05, 0.1) is 27.9 Å². The first-order chi connectivity index (χ1) is 12.3. The first-order valence-electron chi connectivity index (χ1n) is 7.02. The quantitative estimate of drug-likeness (QED) is 0.577. The third kappa shape index (κ3) is 2.92. The zero-order valence-electron chi connectivity index (χ0n) is 12.8. The first-order valence-corrected chi connectivity index (χ1v) is 7.02. The highest BCUT2D eigenvalue weighted by molar-refractivity contribution is 6.23. The van der Waals surface area contributed by atoms with Gasteiger partial charge in [-0.3, -0.25) is 24.3 Å². The number of alkyl halides is 6. The Morgan fingerprint density at radius 2 is 1.52 bits per heavy atom. The number of hydrogen-bond acceptors (Lipinski definition) is 4. The van der Waals surface area contributed by atoms with Crippen molar-refractivity contribution in [1.82, 2.24) is 9.88 Å². The lowest BCUT2D eigenvalue weighted by atomic mass is 10.1. The summed E-state index contributed by atoms with van der Waals surface area (Å²) >= 11 is 0. The third-order valence-corrected chi connectivity index (χ3v) is 3.82. The molecule has 0 fully saturated rings. The number of amides is 2. The minimum Gasteiger partial charge on any atom is -0.384 e. The lowest BCUT2D eigenvalue weighted by Gasteiger charge is -2.19. The molecule has 0 unspecified atom stereocenters. The number of nitrogen functional groups attached to an aromatic ring is 1. The van der Waals surface area contributed by atoms with E-state index in [-0.39, 0.29) is 10.6 Å². The topological polar surface area (TPSA) is 94.2 Å². The number of pyridine rings is 1. The van der Waals surface area contributed by atoms with Crippen LogP contribution in [0.4, 0.5) is 32.2 Å². The lowest BCUT2D eigenvalue weighted by Crippen LogP contribution is -2.26. The molecule has 2 aromatic rings. The lowest BCUT2D eigenvalue weighted by molar-refractivity contribution is -0.143. The monoisotopic (exact) mass is 391 g/mol. The molecular formula is C15H7F6N3O3. The van der Waals surface area contributed by atoms with Crippen LogP contribution in [0.5, 0.6) is 0 Å². The summed E-state index contributed by atoms with van der Waals surface area (Å²) < 4.78 is 78.5. The summed E-state index contributed by atoms with van der Waals surface area (Å²) in [5.41, 5.74) is -0.943. The van der Waals surface area contributed by atoms with Crippen molar-refractivity contribution >= 4 is 17.6 Å². The van der Waals surface area contributed by atoms with E-state index in [0.717, 1.165) is 0 Å². The van der Waals surface area contributed by atoms with Crippen LogP contribution in [0.3, 0.4) is 0 Å². The Balaban J connectivity index is 2.36. The van der Waals surface area contributed by atoms with Gasteiger partial charge >= 0.3 is 12.4 Å². The molecule has 0 saturated carbocycles. The Labute approximate surface area is 145 Å². The van der Waals surface area contributed by atoms with Crippen molar-refractivity contribution in [1.29, 1.82) is 0 Å². The zero-order chi connectivity index (χ0) is 20.3. The predicted octanol–water partition coefficient (Wildman–Crippen LogP) is 2.34. The number of benzene rings is 1. The average molecular weight is 391 g/mol. The Kier molecular flexibility index (Phi) is 3.83. The van der Waals surface area contributed by atoms with Crippen LogP contribution in [0.25, 0.3) is 5.69 Å². The fraction of sp³-hybridized carbons (Fsp3) is 0.133. The van der Waals surface area contributed by atoms with Gasteiger partial charge in [0, 0.05) is 6.07 Å². The molecule has 12 heteroatoms. The highest BCUT2D eigenvalue weighted by atomic mass is 19.4. The largest absolute Gasteiger partial charge is 0.418 e. The molecule has 1 aliphatic rings. The van der Waals surface area contributed by atoms with E-state index in [1.54, 1.807) is 0 Å². The van der Waals surface area contributed by atoms with E-state index in [0.29, 0.717) is 18.2 Å². The van der Waals surface area contributed by atoms with Crippen LogP contribution in [0, 0.1) is 0 Å². The van der Waals surface area contributed by atoms with Gasteiger partial charge in [-0.25, -0.2) is 0 Å². The Morgan fingerprint density at radius 1 is 0.889 bits per heavy atom. The molecule has 1 aromatic carbocycles. The number of nitrogens with one attached hydrogen (secondary N) is 1. The number of fused-ring (bicyclic) bond motifs is 1. The number of hydrogen-bond donors (Lipinski definition) is 2. The maximum atomic E-state index is 13.3. The molecule has 0 aliphatic carbocycles. The van der Waals surface area contributed by atoms with E-state index in [9.17, 15) is 40.7 Å². The molecular weight excluding hydrogens is 384 g/mol. The molecule has 3 rings (SSSR count). The summed E-state index contributed by atoms with van der Waals surface area (Å²) in [6.45, 7) is 0. The molecule has 1 aromatic heterocycles. The van der Waals surface area contributed by atoms with Crippen LogP contribution in [0.1, 0.15) is 31.8 Å². The summed E-state index contributed by atoms with van der Waals surface area (Å²) in [5.74, 6) is -2.80. The molecule has 2 amide bonds. The van der Waals surface area contributed by atoms with Gasteiger partial charge in [-0.05, 0) is 18.2 Å². The van der Waals surface area contributed by atoms with Crippen molar-refractivity contribution in [2.75, 3.05) is 5.73 Å². The smallest absolute Gasteiger partial charge is 0.384 e. The highest BCUT2D eigenvalue weighted by Gasteiger charge is 2.40. The van der Waals surface area contributed by atoms with Crippen molar-refractivity contribution < 1.29 is 35.9 Å². The minimum atomic E-state index is -5.26. The van der Waals surface area contributed by atoms with Gasteiger partial charge in [0.15, 0.2) is 0 Å². The molecule has 1 aliphatic heterocycles. The maximum absolute atomic E-state index is 13.3. The normalized spacial score (nSPS) is 14.3. The molecule has 6 nitrogen and oxygen atoms in total. The van der Waals surface area contributed by atoms with E-state index in [1.807, 2.05) is 5.32 Å². The van der Waals surface area contributed by atoms with Crippen molar-refractivity contribution in [2.45, 2.75) is 12.4 Å². The minimum absolute atomic E-state index is 0.167. The number of rotatable bonds is 1. The number of imide groups is 1. The molecule has 0 bridgehead atoms. The van der Waals surface area contributed by atoms with Crippen LogP contribution in [-0.4, -0.2) is 16.4 Å². The number of anilines is 1. The molecule has 0 spiro atoms. The van der Waals surface area contributed by atoms with Crippen LogP contribution >= 0.6 is 0 Å². The van der Waals surface area contributed by atoms with Gasteiger partial charge in [-0.2, -0.15) is 26.3 Å². The zero-order valence-corrected chi connectivity index (χ0v) is 12.8. The number of carbonyl (C=O) groups excluding carboxylic acids is 2. The average Bonchev–Trinajstić information content (AvgIpc) is 2.79. The first kappa shape index (κ1) is 18.5. The van der Waals surface area contributed by atoms with E-state index >= 15 is 0 Å². The molecule has 0 saturated heterocycles. The second-order valence-corrected chi connectivity index (χ2v) is 5.50. The standard InChI is InChI=1S/C15H7F6N3O3/c16-14(17,18)5-1-2-8(7(3-5)15(19,20)21)24-9(25)4-6-10(11(24)22)13(27)23-12(6)26/h1-4H,22H2,(H,23,26,27). The van der Waals surface area contributed by atoms with Gasteiger partial charge in [0.1, 0.15) is 5.82 Å². The highest BCUT2D eigenvalue weighted by Crippen LogP contribution is 2.39. The van der Waals surface area contributed by atoms with Crippen molar-refractivity contribution in [3.63, 3.8) is 0 Å². The van der Waals surface area contributed by atoms with Crippen LogP contribution in [0.2, 0.25) is 0 Å². The van der Waals surface area contributed by atoms with Gasteiger partial charge in [0.2, 0.25) is 0 Å². The molecule has 142 valence electrons. The molecule has 0 radical (unpaired) electrons. The molecule has 0 atom stereocenters. The van der Waals surface area contributed by atoms with Gasteiger partial charge < -0.3 is 5.73 Å². The Hall–Kier alpha value is -3.31. The summed E-state index contributed by atoms with van der Waals surface area (Å²) in [4.78, 5) is 35.5. The third-order valence-electron chi connectivity index (χ3n) is 3.82. The molecule has 27 heavy (non-hydrogen) atoms. The predicted molar refractivity (Wildman–Crippen MR) is 78.3 cm³/mol. The van der Waals surface area contributed by atoms with E-state index < -0.39 is 63.5 Å². The number of nitrogens with two attached hydrogens (primary N) is 1. The van der Waals surface area contributed by atoms with Crippen LogP contribution < -0.4 is 16.6 Å². The van der Waals surface area contributed by atoms with Crippen molar-refractivity contribution in [3.05, 3.63) is 56.9 Å². The van der Waals surface area contributed by atoms with E-state index in [1.165, 1.54) is 0 Å². The Bertz CT molecular complexity index is 1050. The number of carbonyl (C=O) groups is 2. The fourth-order valence-electron chi connectivity index (χ4n) is 2.66. The second-order valence-electron chi connectivity index (χ2n) is 5.50. The fourth-order valence-corrected chi connectivity index (χ4v) is 2.66. The van der Waals surface area contributed by atoms with E-state index in [2.05, 4.69) is 0 Å². The number of halogens is 6. The maximum Gasteiger partial charge on any atom is 0.418 e. The van der Waals surface area contributed by atoms with Crippen molar-refractivity contribution in [2.24, 2.45) is 0 Å². The van der Waals surface area contributed by atoms with Gasteiger partial charge in [-0.1, -0.05) is 0 Å². The SMILES string of the molecule is Nc1c2c(cc(=O)n1-c1ccc(C(F)(F)F)cc1C(F)(F)F)C(=O)NC2=O. The summed E-state index contributed by atoms with van der Waals surface area (Å²) in [5, 5.41) is 1.82. The van der Waals surface area contributed by atoms with Gasteiger partial charge in [-0.15, -0.1) is 0 Å². The number of aromatic nitrogens is 1. The molecule has 3 N–H and O–H groups in total.